The van der Waals surface area contributed by atoms with Crippen LogP contribution in [-0.4, -0.2) is 17.5 Å². The predicted octanol–water partition coefficient (Wildman–Crippen LogP) is 2.31. The third kappa shape index (κ3) is 1.54. The van der Waals surface area contributed by atoms with Gasteiger partial charge in [-0.25, -0.2) is 4.39 Å². The molecule has 0 saturated carbocycles. The zero-order valence-electron chi connectivity index (χ0n) is 6.96. The van der Waals surface area contributed by atoms with E-state index >= 15 is 0 Å². The molecule has 1 aromatic rings. The van der Waals surface area contributed by atoms with Crippen LogP contribution >= 0.6 is 11.8 Å². The Hall–Kier alpha value is -1.03. The fourth-order valence-electron chi connectivity index (χ4n) is 1.31. The second-order valence-electron chi connectivity index (χ2n) is 2.76. The predicted molar refractivity (Wildman–Crippen MR) is 53.9 cm³/mol. The Balaban J connectivity index is 2.34. The molecule has 1 heterocycles. The molecule has 0 radical (unpaired) electrons. The van der Waals surface area contributed by atoms with Gasteiger partial charge < -0.3 is 4.90 Å². The Kier molecular flexibility index (Phi) is 2.22. The highest BCUT2D eigenvalue weighted by atomic mass is 32.2. The third-order valence-electron chi connectivity index (χ3n) is 1.94. The molecule has 1 aliphatic rings. The Labute approximate surface area is 80.3 Å². The summed E-state index contributed by atoms with van der Waals surface area (Å²) >= 11 is 1.45. The first-order valence-electron chi connectivity index (χ1n) is 4.02. The summed E-state index contributed by atoms with van der Waals surface area (Å²) in [5, 5.41) is 8.00. The minimum Gasteiger partial charge on any atom is -0.318 e. The Morgan fingerprint density at radius 1 is 1.38 bits per heavy atom. The van der Waals surface area contributed by atoms with Crippen LogP contribution in [0.5, 0.6) is 0 Å². The minimum absolute atomic E-state index is 0.255. The normalized spacial score (nSPS) is 16.7. The number of rotatable bonds is 1. The highest BCUT2D eigenvalue weighted by molar-refractivity contribution is 8.14. The first-order valence-corrected chi connectivity index (χ1v) is 5.01. The molecule has 0 unspecified atom stereocenters. The van der Waals surface area contributed by atoms with Crippen LogP contribution in [0.2, 0.25) is 0 Å². The van der Waals surface area contributed by atoms with Crippen molar-refractivity contribution >= 4 is 22.6 Å². The summed E-state index contributed by atoms with van der Waals surface area (Å²) in [6.45, 7) is 0.727. The smallest absolute Gasteiger partial charge is 0.161 e. The van der Waals surface area contributed by atoms with Crippen molar-refractivity contribution in [1.29, 1.82) is 5.41 Å². The van der Waals surface area contributed by atoms with Crippen molar-refractivity contribution in [2.75, 3.05) is 17.2 Å². The zero-order valence-corrected chi connectivity index (χ0v) is 7.77. The average molecular weight is 196 g/mol. The van der Waals surface area contributed by atoms with Crippen molar-refractivity contribution in [2.45, 2.75) is 0 Å². The number of para-hydroxylation sites is 1. The van der Waals surface area contributed by atoms with Crippen molar-refractivity contribution in [3.05, 3.63) is 30.1 Å². The Bertz CT molecular complexity index is 340. The summed E-state index contributed by atoms with van der Waals surface area (Å²) in [6.07, 6.45) is 0. The van der Waals surface area contributed by atoms with Crippen LogP contribution in [0.25, 0.3) is 0 Å². The summed E-state index contributed by atoms with van der Waals surface area (Å²) in [4.78, 5) is 1.69. The van der Waals surface area contributed by atoms with Gasteiger partial charge in [0, 0.05) is 12.3 Å². The molecule has 1 fully saturated rings. The Morgan fingerprint density at radius 2 is 2.15 bits per heavy atom. The first kappa shape index (κ1) is 8.56. The molecule has 0 bridgehead atoms. The monoisotopic (exact) mass is 196 g/mol. The molecule has 0 aromatic heterocycles. The Morgan fingerprint density at radius 3 is 2.77 bits per heavy atom. The summed E-state index contributed by atoms with van der Waals surface area (Å²) in [7, 11) is 0. The number of benzene rings is 1. The van der Waals surface area contributed by atoms with E-state index in [1.807, 2.05) is 0 Å². The van der Waals surface area contributed by atoms with Crippen LogP contribution in [0, 0.1) is 11.2 Å². The molecular formula is C9H9FN2S. The van der Waals surface area contributed by atoms with Crippen molar-refractivity contribution in [3.8, 4) is 0 Å². The molecule has 0 aliphatic carbocycles. The molecule has 13 heavy (non-hydrogen) atoms. The minimum atomic E-state index is -0.255. The van der Waals surface area contributed by atoms with E-state index in [1.54, 1.807) is 23.1 Å². The average Bonchev–Trinajstić information content (AvgIpc) is 2.52. The number of hydrogen-bond acceptors (Lipinski definition) is 2. The van der Waals surface area contributed by atoms with E-state index in [-0.39, 0.29) is 5.82 Å². The first-order chi connectivity index (χ1) is 6.29. The van der Waals surface area contributed by atoms with Gasteiger partial charge in [0.05, 0.1) is 5.69 Å². The van der Waals surface area contributed by atoms with Crippen molar-refractivity contribution < 1.29 is 4.39 Å². The van der Waals surface area contributed by atoms with Crippen LogP contribution in [0.1, 0.15) is 0 Å². The number of nitrogens with one attached hydrogen (secondary N) is 1. The number of hydrogen-bond donors (Lipinski definition) is 1. The van der Waals surface area contributed by atoms with Gasteiger partial charge in [0.15, 0.2) is 5.17 Å². The summed E-state index contributed by atoms with van der Waals surface area (Å²) < 4.78 is 13.3. The van der Waals surface area contributed by atoms with E-state index in [4.69, 9.17) is 5.41 Å². The van der Waals surface area contributed by atoms with Gasteiger partial charge in [-0.15, -0.1) is 0 Å². The van der Waals surface area contributed by atoms with Crippen LogP contribution < -0.4 is 4.90 Å². The van der Waals surface area contributed by atoms with Gasteiger partial charge in [0.2, 0.25) is 0 Å². The van der Waals surface area contributed by atoms with Gasteiger partial charge in [0.25, 0.3) is 0 Å². The van der Waals surface area contributed by atoms with E-state index < -0.39 is 0 Å². The van der Waals surface area contributed by atoms with Gasteiger partial charge in [-0.1, -0.05) is 23.9 Å². The molecule has 2 rings (SSSR count). The number of thioether (sulfide) groups is 1. The van der Waals surface area contributed by atoms with E-state index in [9.17, 15) is 4.39 Å². The van der Waals surface area contributed by atoms with E-state index in [2.05, 4.69) is 0 Å². The van der Waals surface area contributed by atoms with E-state index in [0.29, 0.717) is 10.9 Å². The molecule has 4 heteroatoms. The third-order valence-corrected chi connectivity index (χ3v) is 2.82. The van der Waals surface area contributed by atoms with Gasteiger partial charge >= 0.3 is 0 Å². The van der Waals surface area contributed by atoms with Crippen molar-refractivity contribution in [3.63, 3.8) is 0 Å². The SMILES string of the molecule is N=C1SCCN1c1ccccc1F. The molecule has 1 aromatic carbocycles. The largest absolute Gasteiger partial charge is 0.318 e. The van der Waals surface area contributed by atoms with Gasteiger partial charge in [-0.2, -0.15) is 0 Å². The van der Waals surface area contributed by atoms with E-state index in [1.165, 1.54) is 17.8 Å². The lowest BCUT2D eigenvalue weighted by molar-refractivity contribution is 0.627. The van der Waals surface area contributed by atoms with Crippen LogP contribution in [0.4, 0.5) is 10.1 Å². The molecule has 2 nitrogen and oxygen atoms in total. The highest BCUT2D eigenvalue weighted by Gasteiger charge is 2.21. The summed E-state index contributed by atoms with van der Waals surface area (Å²) in [5.41, 5.74) is 0.512. The van der Waals surface area contributed by atoms with Gasteiger partial charge in [-0.05, 0) is 12.1 Å². The quantitative estimate of drug-likeness (QED) is 0.746. The summed E-state index contributed by atoms with van der Waals surface area (Å²) in [5.74, 6) is 0.613. The van der Waals surface area contributed by atoms with Crippen molar-refractivity contribution in [1.82, 2.24) is 0 Å². The second kappa shape index (κ2) is 3.38. The van der Waals surface area contributed by atoms with Crippen LogP contribution in [0.15, 0.2) is 24.3 Å². The zero-order chi connectivity index (χ0) is 9.26. The number of anilines is 1. The lowest BCUT2D eigenvalue weighted by atomic mass is 10.3. The summed E-state index contributed by atoms with van der Waals surface area (Å²) in [6, 6.07) is 6.57. The number of nitrogens with zero attached hydrogens (tertiary/aromatic N) is 1. The molecule has 1 N–H and O–H groups in total. The lowest BCUT2D eigenvalue weighted by Crippen LogP contribution is -2.23. The second-order valence-corrected chi connectivity index (χ2v) is 3.84. The fraction of sp³-hybridized carbons (Fsp3) is 0.222. The van der Waals surface area contributed by atoms with Crippen LogP contribution in [0.3, 0.4) is 0 Å². The maximum absolute atomic E-state index is 13.3. The fourth-order valence-corrected chi connectivity index (χ4v) is 2.13. The lowest BCUT2D eigenvalue weighted by Gasteiger charge is -2.16. The molecule has 1 aliphatic heterocycles. The topological polar surface area (TPSA) is 27.1 Å². The standard InChI is InChI=1S/C9H9FN2S/c10-7-3-1-2-4-8(7)12-5-6-13-9(12)11/h1-4,11H,5-6H2. The highest BCUT2D eigenvalue weighted by Crippen LogP contribution is 2.26. The van der Waals surface area contributed by atoms with Crippen LogP contribution in [-0.2, 0) is 0 Å². The van der Waals surface area contributed by atoms with Gasteiger partial charge in [-0.3, -0.25) is 5.41 Å². The molecular weight excluding hydrogens is 187 g/mol. The number of halogens is 1. The molecule has 1 saturated heterocycles. The maximum Gasteiger partial charge on any atom is 0.161 e. The van der Waals surface area contributed by atoms with Crippen molar-refractivity contribution in [2.24, 2.45) is 0 Å². The molecule has 0 spiro atoms. The molecule has 68 valence electrons. The molecule has 0 atom stereocenters. The number of amidine groups is 1. The maximum atomic E-state index is 13.3. The van der Waals surface area contributed by atoms with E-state index in [0.717, 1.165) is 12.3 Å². The van der Waals surface area contributed by atoms with Gasteiger partial charge in [0.1, 0.15) is 5.82 Å². The molecule has 0 amide bonds.